The van der Waals surface area contributed by atoms with Crippen LogP contribution in [0.15, 0.2) is 24.3 Å². The summed E-state index contributed by atoms with van der Waals surface area (Å²) in [7, 11) is 3.22. The smallest absolute Gasteiger partial charge is 0.410 e. The second-order valence-electron chi connectivity index (χ2n) is 3.56. The van der Waals surface area contributed by atoms with E-state index in [-0.39, 0.29) is 5.78 Å². The Bertz CT molecular complexity index is 382. The van der Waals surface area contributed by atoms with E-state index in [0.717, 1.165) is 0 Å². The van der Waals surface area contributed by atoms with E-state index in [2.05, 4.69) is 0 Å². The van der Waals surface area contributed by atoms with Crippen LogP contribution in [0.25, 0.3) is 0 Å². The average molecular weight is 221 g/mol. The highest BCUT2D eigenvalue weighted by molar-refractivity contribution is 5.95. The van der Waals surface area contributed by atoms with Crippen molar-refractivity contribution in [2.24, 2.45) is 0 Å². The molecule has 0 aliphatic rings. The van der Waals surface area contributed by atoms with Gasteiger partial charge in [-0.25, -0.2) is 4.79 Å². The third kappa shape index (κ3) is 3.08. The number of carbonyl (C=O) groups excluding carboxylic acids is 2. The molecule has 0 aliphatic carbocycles. The highest BCUT2D eigenvalue weighted by atomic mass is 16.6. The summed E-state index contributed by atoms with van der Waals surface area (Å²) in [5.41, 5.74) is 0.632. The average Bonchev–Trinajstić information content (AvgIpc) is 2.28. The molecule has 16 heavy (non-hydrogen) atoms. The van der Waals surface area contributed by atoms with E-state index >= 15 is 0 Å². The molecule has 1 rings (SSSR count). The Balaban J connectivity index is 2.72. The number of ketones is 1. The van der Waals surface area contributed by atoms with Crippen LogP contribution in [0, 0.1) is 0 Å². The highest BCUT2D eigenvalue weighted by Gasteiger charge is 2.07. The molecule has 4 nitrogen and oxygen atoms in total. The predicted molar refractivity (Wildman–Crippen MR) is 60.8 cm³/mol. The first-order chi connectivity index (χ1) is 7.54. The number of Topliss-reactive ketones (excluding diaryl/α,β-unsaturated/α-hetero) is 1. The molecule has 0 atom stereocenters. The van der Waals surface area contributed by atoms with Gasteiger partial charge < -0.3 is 9.64 Å². The normalized spacial score (nSPS) is 9.69. The Labute approximate surface area is 94.8 Å². The third-order valence-electron chi connectivity index (χ3n) is 2.07. The van der Waals surface area contributed by atoms with E-state index in [0.29, 0.717) is 17.7 Å². The maximum absolute atomic E-state index is 11.3. The van der Waals surface area contributed by atoms with Crippen LogP contribution < -0.4 is 4.74 Å². The van der Waals surface area contributed by atoms with Gasteiger partial charge in [-0.2, -0.15) is 0 Å². The second kappa shape index (κ2) is 5.30. The Morgan fingerprint density at radius 1 is 1.19 bits per heavy atom. The van der Waals surface area contributed by atoms with E-state index in [1.807, 2.05) is 6.92 Å². The Morgan fingerprint density at radius 3 is 2.19 bits per heavy atom. The molecule has 0 heterocycles. The van der Waals surface area contributed by atoms with Crippen LogP contribution in [0.3, 0.4) is 0 Å². The predicted octanol–water partition coefficient (Wildman–Crippen LogP) is 2.34. The van der Waals surface area contributed by atoms with Crippen molar-refractivity contribution < 1.29 is 14.3 Å². The van der Waals surface area contributed by atoms with Crippen LogP contribution in [-0.2, 0) is 0 Å². The van der Waals surface area contributed by atoms with Gasteiger partial charge in [-0.15, -0.1) is 0 Å². The molecule has 0 radical (unpaired) electrons. The zero-order valence-electron chi connectivity index (χ0n) is 9.69. The number of hydrogen-bond acceptors (Lipinski definition) is 3. The van der Waals surface area contributed by atoms with E-state index in [1.165, 1.54) is 4.90 Å². The number of benzene rings is 1. The summed E-state index contributed by atoms with van der Waals surface area (Å²) < 4.78 is 5.02. The first-order valence-electron chi connectivity index (χ1n) is 5.07. The molecule has 1 amide bonds. The van der Waals surface area contributed by atoms with Gasteiger partial charge in [-0.3, -0.25) is 4.79 Å². The second-order valence-corrected chi connectivity index (χ2v) is 3.56. The van der Waals surface area contributed by atoms with Gasteiger partial charge in [-0.1, -0.05) is 6.92 Å². The summed E-state index contributed by atoms with van der Waals surface area (Å²) >= 11 is 0. The van der Waals surface area contributed by atoms with E-state index < -0.39 is 6.09 Å². The van der Waals surface area contributed by atoms with Crippen molar-refractivity contribution in [2.75, 3.05) is 14.1 Å². The van der Waals surface area contributed by atoms with Crippen molar-refractivity contribution in [3.8, 4) is 5.75 Å². The van der Waals surface area contributed by atoms with Crippen molar-refractivity contribution in [1.82, 2.24) is 4.90 Å². The summed E-state index contributed by atoms with van der Waals surface area (Å²) in [6.07, 6.45) is 0.0335. The Hall–Kier alpha value is -1.84. The fraction of sp³-hybridized carbons (Fsp3) is 0.333. The summed E-state index contributed by atoms with van der Waals surface area (Å²) in [5.74, 6) is 0.511. The monoisotopic (exact) mass is 221 g/mol. The van der Waals surface area contributed by atoms with Crippen molar-refractivity contribution in [3.63, 3.8) is 0 Å². The molecule has 1 aromatic carbocycles. The van der Waals surface area contributed by atoms with Crippen molar-refractivity contribution >= 4 is 11.9 Å². The van der Waals surface area contributed by atoms with Gasteiger partial charge in [0, 0.05) is 26.1 Å². The van der Waals surface area contributed by atoms with Gasteiger partial charge in [0.05, 0.1) is 0 Å². The fourth-order valence-electron chi connectivity index (χ4n) is 1.11. The maximum atomic E-state index is 11.3. The van der Waals surface area contributed by atoms with Gasteiger partial charge >= 0.3 is 6.09 Å². The van der Waals surface area contributed by atoms with Crippen LogP contribution in [0.2, 0.25) is 0 Å². The summed E-state index contributed by atoms with van der Waals surface area (Å²) in [4.78, 5) is 23.9. The van der Waals surface area contributed by atoms with Gasteiger partial charge in [0.2, 0.25) is 0 Å². The first-order valence-corrected chi connectivity index (χ1v) is 5.07. The van der Waals surface area contributed by atoms with E-state index in [9.17, 15) is 9.59 Å². The quantitative estimate of drug-likeness (QED) is 0.736. The van der Waals surface area contributed by atoms with E-state index in [4.69, 9.17) is 4.74 Å². The number of amides is 1. The van der Waals surface area contributed by atoms with Crippen molar-refractivity contribution in [2.45, 2.75) is 13.3 Å². The molecule has 0 bridgehead atoms. The zero-order chi connectivity index (χ0) is 12.1. The lowest BCUT2D eigenvalue weighted by Gasteiger charge is -2.10. The molecule has 0 aliphatic heterocycles. The number of carbonyl (C=O) groups is 2. The Morgan fingerprint density at radius 2 is 1.75 bits per heavy atom. The fourth-order valence-corrected chi connectivity index (χ4v) is 1.11. The van der Waals surface area contributed by atoms with Gasteiger partial charge in [-0.05, 0) is 24.3 Å². The molecular formula is C12H15NO3. The molecular weight excluding hydrogens is 206 g/mol. The van der Waals surface area contributed by atoms with Crippen molar-refractivity contribution in [3.05, 3.63) is 29.8 Å². The highest BCUT2D eigenvalue weighted by Crippen LogP contribution is 2.14. The number of ether oxygens (including phenoxy) is 1. The summed E-state index contributed by atoms with van der Waals surface area (Å²) in [6, 6.07) is 6.54. The minimum absolute atomic E-state index is 0.0745. The molecule has 1 aromatic rings. The zero-order valence-corrected chi connectivity index (χ0v) is 9.69. The van der Waals surface area contributed by atoms with Crippen LogP contribution in [0.5, 0.6) is 5.75 Å². The molecule has 0 saturated heterocycles. The molecule has 0 unspecified atom stereocenters. The molecule has 0 saturated carbocycles. The van der Waals surface area contributed by atoms with E-state index in [1.54, 1.807) is 38.4 Å². The van der Waals surface area contributed by atoms with Gasteiger partial charge in [0.15, 0.2) is 5.78 Å². The number of hydrogen-bond donors (Lipinski definition) is 0. The maximum Gasteiger partial charge on any atom is 0.414 e. The van der Waals surface area contributed by atoms with Crippen LogP contribution in [-0.4, -0.2) is 30.9 Å². The lowest BCUT2D eigenvalue weighted by Crippen LogP contribution is -2.25. The van der Waals surface area contributed by atoms with Gasteiger partial charge in [0.25, 0.3) is 0 Å². The number of nitrogens with zero attached hydrogens (tertiary/aromatic N) is 1. The standard InChI is InChI=1S/C12H15NO3/c1-4-11(14)9-5-7-10(8-6-9)16-12(15)13(2)3/h5-8H,4H2,1-3H3. The van der Waals surface area contributed by atoms with Crippen molar-refractivity contribution in [1.29, 1.82) is 0 Å². The molecule has 0 aromatic heterocycles. The number of rotatable bonds is 3. The van der Waals surface area contributed by atoms with Crippen LogP contribution in [0.4, 0.5) is 4.79 Å². The molecule has 0 fully saturated rings. The summed E-state index contributed by atoms with van der Waals surface area (Å²) in [6.45, 7) is 1.81. The molecule has 0 spiro atoms. The Kier molecular flexibility index (Phi) is 4.05. The molecule has 4 heteroatoms. The topological polar surface area (TPSA) is 46.6 Å². The third-order valence-corrected chi connectivity index (χ3v) is 2.07. The lowest BCUT2D eigenvalue weighted by molar-refractivity contribution is 0.0988. The minimum Gasteiger partial charge on any atom is -0.410 e. The first kappa shape index (κ1) is 12.2. The lowest BCUT2D eigenvalue weighted by atomic mass is 10.1. The minimum atomic E-state index is -0.436. The molecule has 86 valence electrons. The SMILES string of the molecule is CCC(=O)c1ccc(OC(=O)N(C)C)cc1. The van der Waals surface area contributed by atoms with Gasteiger partial charge in [0.1, 0.15) is 5.75 Å². The van der Waals surface area contributed by atoms with Crippen LogP contribution in [0.1, 0.15) is 23.7 Å². The summed E-state index contributed by atoms with van der Waals surface area (Å²) in [5, 5.41) is 0. The largest absolute Gasteiger partial charge is 0.414 e. The molecule has 0 N–H and O–H groups in total. The van der Waals surface area contributed by atoms with Crippen LogP contribution >= 0.6 is 0 Å².